The molecule has 1 fully saturated rings. The van der Waals surface area contributed by atoms with Gasteiger partial charge in [-0.2, -0.15) is 0 Å². The number of amides is 2. The third-order valence-corrected chi connectivity index (χ3v) is 10.0. The number of nitrogen functional groups attached to an aromatic ring is 1. The summed E-state index contributed by atoms with van der Waals surface area (Å²) < 4.78 is 13.3. The number of carbonyl (C=O) groups is 2. The number of nitrogens with two attached hydrogens (primary N) is 1. The lowest BCUT2D eigenvalue weighted by atomic mass is 9.98. The number of aliphatic hydroxyl groups excluding tert-OH is 1. The maximum atomic E-state index is 12.6. The molecule has 5 aromatic carbocycles. The van der Waals surface area contributed by atoms with Crippen molar-refractivity contribution in [3.8, 4) is 11.1 Å². The van der Waals surface area contributed by atoms with E-state index in [1.165, 1.54) is 5.56 Å². The molecule has 0 saturated carbocycles. The van der Waals surface area contributed by atoms with Crippen LogP contribution in [0.25, 0.3) is 11.1 Å². The van der Waals surface area contributed by atoms with Crippen LogP contribution in [0.15, 0.2) is 127 Å². The highest BCUT2D eigenvalue weighted by Crippen LogP contribution is 2.39. The monoisotopic (exact) mass is 726 g/mol. The molecule has 1 aliphatic heterocycles. The Hall–Kier alpha value is -5.32. The maximum absolute atomic E-state index is 12.6. The van der Waals surface area contributed by atoms with Gasteiger partial charge in [-0.05, 0) is 72.0 Å². The number of benzene rings is 5. The van der Waals surface area contributed by atoms with Crippen molar-refractivity contribution >= 4 is 23.2 Å². The molecule has 1 heterocycles. The fourth-order valence-corrected chi connectivity index (χ4v) is 6.71. The summed E-state index contributed by atoms with van der Waals surface area (Å²) in [4.78, 5) is 27.2. The van der Waals surface area contributed by atoms with Crippen molar-refractivity contribution in [1.29, 1.82) is 0 Å². The SMILES string of the molecule is C[C@@H](c1ccccc1)N(C)C[C@@H]1C[C@H](c2ccc(CO)cc2)O[C@H](c2ccc(-c3cccc(CNC(=O)CCCC(=O)Nc4ccccc4N)c3)cc2)O1. The molecule has 0 unspecified atom stereocenters. The number of hydrogen-bond donors (Lipinski definition) is 4. The number of carbonyl (C=O) groups excluding carboxylic acids is 2. The van der Waals surface area contributed by atoms with Crippen LogP contribution in [0.3, 0.4) is 0 Å². The van der Waals surface area contributed by atoms with Crippen molar-refractivity contribution in [1.82, 2.24) is 10.2 Å². The van der Waals surface area contributed by atoms with Gasteiger partial charge in [-0.1, -0.05) is 109 Å². The summed E-state index contributed by atoms with van der Waals surface area (Å²) in [5.74, 6) is -0.277. The van der Waals surface area contributed by atoms with Crippen LogP contribution in [-0.2, 0) is 32.2 Å². The van der Waals surface area contributed by atoms with Crippen LogP contribution >= 0.6 is 0 Å². The Balaban J connectivity index is 1.06. The molecule has 0 aromatic heterocycles. The third-order valence-electron chi connectivity index (χ3n) is 10.0. The zero-order valence-electron chi connectivity index (χ0n) is 31.0. The van der Waals surface area contributed by atoms with E-state index < -0.39 is 6.29 Å². The second kappa shape index (κ2) is 18.6. The molecule has 4 atom stereocenters. The number of nitrogens with one attached hydrogen (secondary N) is 2. The van der Waals surface area contributed by atoms with Crippen molar-refractivity contribution in [2.24, 2.45) is 0 Å². The Labute approximate surface area is 318 Å². The van der Waals surface area contributed by atoms with E-state index in [0.717, 1.165) is 39.9 Å². The minimum atomic E-state index is -0.551. The second-order valence-electron chi connectivity index (χ2n) is 14.0. The van der Waals surface area contributed by atoms with Gasteiger partial charge in [-0.3, -0.25) is 14.5 Å². The van der Waals surface area contributed by atoms with Gasteiger partial charge in [0.05, 0.1) is 30.2 Å². The van der Waals surface area contributed by atoms with Gasteiger partial charge in [0.15, 0.2) is 6.29 Å². The van der Waals surface area contributed by atoms with Gasteiger partial charge in [0.2, 0.25) is 11.8 Å². The molecular weight excluding hydrogens is 677 g/mol. The largest absolute Gasteiger partial charge is 0.397 e. The topological polar surface area (TPSA) is 126 Å². The van der Waals surface area contributed by atoms with Crippen LogP contribution in [-0.4, -0.2) is 41.5 Å². The fraction of sp³-hybridized carbons (Fsp3) is 0.289. The third kappa shape index (κ3) is 10.4. The zero-order chi connectivity index (χ0) is 37.9. The number of likely N-dealkylation sites (N-methyl/N-ethyl adjacent to an activating group) is 1. The van der Waals surface area contributed by atoms with Gasteiger partial charge in [-0.15, -0.1) is 0 Å². The first-order valence-electron chi connectivity index (χ1n) is 18.6. The lowest BCUT2D eigenvalue weighted by Crippen LogP contribution is -2.38. The predicted octanol–water partition coefficient (Wildman–Crippen LogP) is 8.09. The van der Waals surface area contributed by atoms with Crippen molar-refractivity contribution in [3.63, 3.8) is 0 Å². The number of nitrogens with zero attached hydrogens (tertiary/aromatic N) is 1. The lowest BCUT2D eigenvalue weighted by Gasteiger charge is -2.39. The van der Waals surface area contributed by atoms with Gasteiger partial charge in [-0.25, -0.2) is 0 Å². The molecule has 1 aliphatic rings. The maximum Gasteiger partial charge on any atom is 0.224 e. The minimum absolute atomic E-state index is 0.000215. The smallest absolute Gasteiger partial charge is 0.224 e. The summed E-state index contributed by atoms with van der Waals surface area (Å²) in [5.41, 5.74) is 14.2. The van der Waals surface area contributed by atoms with Gasteiger partial charge in [0, 0.05) is 44.0 Å². The normalized spacial score (nSPS) is 17.5. The summed E-state index contributed by atoms with van der Waals surface area (Å²) in [6.07, 6.45) is 0.840. The van der Waals surface area contributed by atoms with Crippen LogP contribution in [0, 0.1) is 0 Å². The van der Waals surface area contributed by atoms with Crippen LogP contribution in [0.4, 0.5) is 11.4 Å². The first kappa shape index (κ1) is 38.4. The molecule has 1 saturated heterocycles. The number of anilines is 2. The van der Waals surface area contributed by atoms with Gasteiger partial charge >= 0.3 is 0 Å². The lowest BCUT2D eigenvalue weighted by molar-refractivity contribution is -0.253. The molecule has 54 heavy (non-hydrogen) atoms. The van der Waals surface area contributed by atoms with E-state index in [9.17, 15) is 14.7 Å². The summed E-state index contributed by atoms with van der Waals surface area (Å²) >= 11 is 0. The van der Waals surface area contributed by atoms with E-state index in [2.05, 4.69) is 90.2 Å². The first-order valence-corrected chi connectivity index (χ1v) is 18.6. The van der Waals surface area contributed by atoms with E-state index in [4.69, 9.17) is 15.2 Å². The highest BCUT2D eigenvalue weighted by molar-refractivity contribution is 5.94. The summed E-state index contributed by atoms with van der Waals surface area (Å²) in [6.45, 7) is 3.34. The van der Waals surface area contributed by atoms with Crippen molar-refractivity contribution in [3.05, 3.63) is 155 Å². The van der Waals surface area contributed by atoms with E-state index in [-0.39, 0.29) is 49.5 Å². The molecule has 9 nitrogen and oxygen atoms in total. The average Bonchev–Trinajstić information content (AvgIpc) is 3.21. The number of hydrogen-bond acceptors (Lipinski definition) is 7. The Kier molecular flexibility index (Phi) is 13.2. The summed E-state index contributed by atoms with van der Waals surface area (Å²) in [7, 11) is 2.14. The number of ether oxygens (including phenoxy) is 2. The van der Waals surface area contributed by atoms with Crippen LogP contribution in [0.2, 0.25) is 0 Å². The minimum Gasteiger partial charge on any atom is -0.397 e. The molecule has 2 amide bonds. The number of para-hydroxylation sites is 2. The Morgan fingerprint density at radius 3 is 2.24 bits per heavy atom. The average molecular weight is 727 g/mol. The molecule has 5 aromatic rings. The van der Waals surface area contributed by atoms with Crippen molar-refractivity contribution in [2.75, 3.05) is 24.6 Å². The molecule has 0 aliphatic carbocycles. The summed E-state index contributed by atoms with van der Waals surface area (Å²) in [6, 6.07) is 42.2. The molecule has 280 valence electrons. The quantitative estimate of drug-likeness (QED) is 0.0804. The Morgan fingerprint density at radius 2 is 1.50 bits per heavy atom. The van der Waals surface area contributed by atoms with Gasteiger partial charge in [0.25, 0.3) is 0 Å². The molecule has 0 spiro atoms. The molecule has 9 heteroatoms. The Morgan fingerprint density at radius 1 is 0.796 bits per heavy atom. The predicted molar refractivity (Wildman–Crippen MR) is 213 cm³/mol. The highest BCUT2D eigenvalue weighted by atomic mass is 16.7. The molecule has 6 rings (SSSR count). The van der Waals surface area contributed by atoms with E-state index >= 15 is 0 Å². The first-order chi connectivity index (χ1) is 26.2. The van der Waals surface area contributed by atoms with Crippen LogP contribution in [0.5, 0.6) is 0 Å². The molecule has 0 bridgehead atoms. The van der Waals surface area contributed by atoms with Crippen LogP contribution in [0.1, 0.15) is 78.9 Å². The van der Waals surface area contributed by atoms with E-state index in [1.807, 2.05) is 54.6 Å². The molecule has 0 radical (unpaired) electrons. The molecule has 5 N–H and O–H groups in total. The summed E-state index contributed by atoms with van der Waals surface area (Å²) in [5, 5.41) is 15.4. The van der Waals surface area contributed by atoms with Crippen molar-refractivity contribution < 1.29 is 24.2 Å². The second-order valence-corrected chi connectivity index (χ2v) is 14.0. The van der Waals surface area contributed by atoms with E-state index in [1.54, 1.807) is 12.1 Å². The number of aliphatic hydroxyl groups is 1. The Bertz CT molecular complexity index is 1970. The highest BCUT2D eigenvalue weighted by Gasteiger charge is 2.33. The van der Waals surface area contributed by atoms with Crippen LogP contribution < -0.4 is 16.4 Å². The van der Waals surface area contributed by atoms with Gasteiger partial charge < -0.3 is 30.9 Å². The number of rotatable bonds is 15. The van der Waals surface area contributed by atoms with Gasteiger partial charge in [0.1, 0.15) is 0 Å². The fourth-order valence-electron chi connectivity index (χ4n) is 6.71. The van der Waals surface area contributed by atoms with Crippen molar-refractivity contribution in [2.45, 2.75) is 70.3 Å². The van der Waals surface area contributed by atoms with E-state index in [0.29, 0.717) is 30.8 Å². The standard InChI is InChI=1S/C45H50N4O5/c1-31(34-11-4-3-5-12-34)49(2)29-39-27-42(36-20-18-32(30-50)19-21-36)54-45(53-39)37-24-22-35(23-25-37)38-13-8-10-33(26-38)28-47-43(51)16-9-17-44(52)48-41-15-7-6-14-40(41)46/h3-8,10-15,18-26,31,39,42,45,50H,9,16-17,27-30,46H2,1-2H3,(H,47,51)(H,48,52)/t31-,39-,42+,45+/m0/s1. The molecular formula is C45H50N4O5. The zero-order valence-corrected chi connectivity index (χ0v) is 31.0.